The lowest BCUT2D eigenvalue weighted by Gasteiger charge is -2.13. The average molecular weight is 258 g/mol. The lowest BCUT2D eigenvalue weighted by molar-refractivity contribution is 0.297. The molecule has 0 unspecified atom stereocenters. The standard InChI is InChI=1S/C15H18N2O2/c1-3-11-9(2)15(16)10-7-13-14(8-12(10)17-11)19-6-4-5-18-13/h7-8H,3-6H2,1-2H3,(H2,16,17). The number of fused-ring (bicyclic) bond motifs is 2. The van der Waals surface area contributed by atoms with Crippen molar-refractivity contribution in [3.05, 3.63) is 23.4 Å². The molecule has 0 saturated carbocycles. The van der Waals surface area contributed by atoms with E-state index in [0.29, 0.717) is 13.2 Å². The third kappa shape index (κ3) is 1.97. The Hall–Kier alpha value is -1.97. The van der Waals surface area contributed by atoms with Crippen molar-refractivity contribution in [2.75, 3.05) is 18.9 Å². The first-order chi connectivity index (χ1) is 9.20. The third-order valence-electron chi connectivity index (χ3n) is 3.58. The van der Waals surface area contributed by atoms with Gasteiger partial charge in [-0.05, 0) is 25.0 Å². The quantitative estimate of drug-likeness (QED) is 0.854. The number of hydrogen-bond acceptors (Lipinski definition) is 4. The van der Waals surface area contributed by atoms with Gasteiger partial charge >= 0.3 is 0 Å². The van der Waals surface area contributed by atoms with Crippen molar-refractivity contribution >= 4 is 16.6 Å². The summed E-state index contributed by atoms with van der Waals surface area (Å²) in [4.78, 5) is 4.68. The number of benzene rings is 1. The smallest absolute Gasteiger partial charge is 0.163 e. The average Bonchev–Trinajstić information content (AvgIpc) is 2.65. The Bertz CT molecular complexity index is 638. The van der Waals surface area contributed by atoms with Crippen LogP contribution < -0.4 is 15.2 Å². The largest absolute Gasteiger partial charge is 0.490 e. The number of anilines is 1. The van der Waals surface area contributed by atoms with Gasteiger partial charge in [-0.1, -0.05) is 6.92 Å². The van der Waals surface area contributed by atoms with E-state index in [1.54, 1.807) is 0 Å². The van der Waals surface area contributed by atoms with Crippen molar-refractivity contribution in [2.24, 2.45) is 0 Å². The van der Waals surface area contributed by atoms with Gasteiger partial charge in [0.1, 0.15) is 0 Å². The van der Waals surface area contributed by atoms with Crippen molar-refractivity contribution in [2.45, 2.75) is 26.7 Å². The molecule has 3 rings (SSSR count). The van der Waals surface area contributed by atoms with Crippen LogP contribution >= 0.6 is 0 Å². The van der Waals surface area contributed by atoms with Crippen molar-refractivity contribution in [1.82, 2.24) is 4.98 Å². The molecule has 1 aliphatic rings. The van der Waals surface area contributed by atoms with Gasteiger partial charge in [-0.25, -0.2) is 0 Å². The van der Waals surface area contributed by atoms with Gasteiger partial charge in [0.25, 0.3) is 0 Å². The first-order valence-corrected chi connectivity index (χ1v) is 6.69. The van der Waals surface area contributed by atoms with Crippen LogP contribution in [0.25, 0.3) is 10.9 Å². The number of aryl methyl sites for hydroxylation is 1. The summed E-state index contributed by atoms with van der Waals surface area (Å²) in [5.74, 6) is 1.53. The molecule has 0 aliphatic carbocycles. The van der Waals surface area contributed by atoms with Crippen molar-refractivity contribution in [1.29, 1.82) is 0 Å². The molecule has 0 fully saturated rings. The van der Waals surface area contributed by atoms with Gasteiger partial charge in [0.05, 0.1) is 18.7 Å². The second kappa shape index (κ2) is 4.61. The Morgan fingerprint density at radius 2 is 1.89 bits per heavy atom. The highest BCUT2D eigenvalue weighted by Gasteiger charge is 2.15. The molecular formula is C15H18N2O2. The van der Waals surface area contributed by atoms with Crippen LogP contribution in [0.5, 0.6) is 11.5 Å². The van der Waals surface area contributed by atoms with Gasteiger partial charge < -0.3 is 15.2 Å². The Morgan fingerprint density at radius 3 is 2.58 bits per heavy atom. The van der Waals surface area contributed by atoms with Crippen LogP contribution in [0.4, 0.5) is 5.69 Å². The zero-order chi connectivity index (χ0) is 13.4. The van der Waals surface area contributed by atoms with Crippen molar-refractivity contribution in [3.8, 4) is 11.5 Å². The molecule has 4 nitrogen and oxygen atoms in total. The number of rotatable bonds is 1. The second-order valence-corrected chi connectivity index (χ2v) is 4.82. The maximum atomic E-state index is 6.23. The van der Waals surface area contributed by atoms with Gasteiger partial charge in [-0.2, -0.15) is 0 Å². The molecule has 4 heteroatoms. The van der Waals surface area contributed by atoms with Gasteiger partial charge in [0.2, 0.25) is 0 Å². The van der Waals surface area contributed by atoms with E-state index in [9.17, 15) is 0 Å². The van der Waals surface area contributed by atoms with Gasteiger partial charge in [-0.15, -0.1) is 0 Å². The molecule has 2 aromatic rings. The zero-order valence-electron chi connectivity index (χ0n) is 11.3. The summed E-state index contributed by atoms with van der Waals surface area (Å²) in [6.45, 7) is 5.46. The first kappa shape index (κ1) is 12.1. The first-order valence-electron chi connectivity index (χ1n) is 6.69. The Balaban J connectivity index is 2.26. The maximum Gasteiger partial charge on any atom is 0.163 e. The number of aromatic nitrogens is 1. The molecule has 0 saturated heterocycles. The molecule has 1 aliphatic heterocycles. The topological polar surface area (TPSA) is 57.4 Å². The van der Waals surface area contributed by atoms with E-state index in [2.05, 4.69) is 11.9 Å². The molecule has 0 radical (unpaired) electrons. The third-order valence-corrected chi connectivity index (χ3v) is 3.58. The van der Waals surface area contributed by atoms with Gasteiger partial charge in [0.15, 0.2) is 11.5 Å². The highest BCUT2D eigenvalue weighted by atomic mass is 16.5. The Kier molecular flexibility index (Phi) is 2.93. The predicted molar refractivity (Wildman–Crippen MR) is 75.9 cm³/mol. The summed E-state index contributed by atoms with van der Waals surface area (Å²) in [5, 5.41) is 0.943. The van der Waals surface area contributed by atoms with Crippen LogP contribution in [-0.4, -0.2) is 18.2 Å². The SMILES string of the molecule is CCc1nc2cc3c(cc2c(N)c1C)OCCCO3. The summed E-state index contributed by atoms with van der Waals surface area (Å²) in [6, 6.07) is 3.88. The fourth-order valence-corrected chi connectivity index (χ4v) is 2.44. The van der Waals surface area contributed by atoms with Gasteiger partial charge in [0, 0.05) is 29.3 Å². The summed E-state index contributed by atoms with van der Waals surface area (Å²) in [5.41, 5.74) is 10.00. The summed E-state index contributed by atoms with van der Waals surface area (Å²) in [6.07, 6.45) is 1.77. The predicted octanol–water partition coefficient (Wildman–Crippen LogP) is 2.85. The minimum Gasteiger partial charge on any atom is -0.490 e. The lowest BCUT2D eigenvalue weighted by Crippen LogP contribution is -2.01. The molecule has 2 heterocycles. The Morgan fingerprint density at radius 1 is 1.21 bits per heavy atom. The molecule has 100 valence electrons. The summed E-state index contributed by atoms with van der Waals surface area (Å²) >= 11 is 0. The number of hydrogen-bond donors (Lipinski definition) is 1. The highest BCUT2D eigenvalue weighted by molar-refractivity contribution is 5.94. The minimum atomic E-state index is 0.678. The van der Waals surface area contributed by atoms with E-state index in [0.717, 1.165) is 52.2 Å². The zero-order valence-corrected chi connectivity index (χ0v) is 11.3. The molecule has 2 N–H and O–H groups in total. The number of nitrogen functional groups attached to an aromatic ring is 1. The molecular weight excluding hydrogens is 240 g/mol. The van der Waals surface area contributed by atoms with Crippen LogP contribution in [0, 0.1) is 6.92 Å². The van der Waals surface area contributed by atoms with E-state index >= 15 is 0 Å². The summed E-state index contributed by atoms with van der Waals surface area (Å²) < 4.78 is 11.4. The maximum absolute atomic E-state index is 6.23. The van der Waals surface area contributed by atoms with Crippen LogP contribution in [0.1, 0.15) is 24.6 Å². The number of ether oxygens (including phenoxy) is 2. The highest BCUT2D eigenvalue weighted by Crippen LogP contribution is 2.37. The fraction of sp³-hybridized carbons (Fsp3) is 0.400. The number of nitrogens with two attached hydrogens (primary N) is 1. The van der Waals surface area contributed by atoms with E-state index in [-0.39, 0.29) is 0 Å². The van der Waals surface area contributed by atoms with Crippen LogP contribution in [0.3, 0.4) is 0 Å². The number of nitrogens with zero attached hydrogens (tertiary/aromatic N) is 1. The monoisotopic (exact) mass is 258 g/mol. The van der Waals surface area contributed by atoms with Crippen LogP contribution in [0.15, 0.2) is 12.1 Å². The van der Waals surface area contributed by atoms with E-state index in [1.807, 2.05) is 19.1 Å². The molecule has 1 aromatic heterocycles. The van der Waals surface area contributed by atoms with Crippen LogP contribution in [-0.2, 0) is 6.42 Å². The van der Waals surface area contributed by atoms with E-state index < -0.39 is 0 Å². The van der Waals surface area contributed by atoms with E-state index in [1.165, 1.54) is 0 Å². The van der Waals surface area contributed by atoms with Crippen LogP contribution in [0.2, 0.25) is 0 Å². The van der Waals surface area contributed by atoms with Crippen molar-refractivity contribution in [3.63, 3.8) is 0 Å². The normalized spacial score (nSPS) is 14.4. The summed E-state index contributed by atoms with van der Waals surface area (Å²) in [7, 11) is 0. The number of pyridine rings is 1. The molecule has 1 aromatic carbocycles. The Labute approximate surface area is 112 Å². The van der Waals surface area contributed by atoms with Gasteiger partial charge in [-0.3, -0.25) is 4.98 Å². The minimum absolute atomic E-state index is 0.678. The molecule has 0 spiro atoms. The molecule has 19 heavy (non-hydrogen) atoms. The lowest BCUT2D eigenvalue weighted by atomic mass is 10.1. The van der Waals surface area contributed by atoms with E-state index in [4.69, 9.17) is 15.2 Å². The second-order valence-electron chi connectivity index (χ2n) is 4.82. The van der Waals surface area contributed by atoms with Crippen molar-refractivity contribution < 1.29 is 9.47 Å². The molecule has 0 bridgehead atoms. The molecule has 0 atom stereocenters. The molecule has 0 amide bonds. The fourth-order valence-electron chi connectivity index (χ4n) is 2.44.